The van der Waals surface area contributed by atoms with E-state index in [1.165, 1.54) is 0 Å². The van der Waals surface area contributed by atoms with Gasteiger partial charge in [-0.1, -0.05) is 27.7 Å². The Kier molecular flexibility index (Phi) is 7.40. The van der Waals surface area contributed by atoms with E-state index >= 15 is 4.39 Å². The highest BCUT2D eigenvalue weighted by Crippen LogP contribution is 2.39. The van der Waals surface area contributed by atoms with Crippen molar-refractivity contribution in [1.82, 2.24) is 4.90 Å². The van der Waals surface area contributed by atoms with Crippen molar-refractivity contribution < 1.29 is 37.8 Å². The predicted molar refractivity (Wildman–Crippen MR) is 99.3 cm³/mol. The second-order valence-electron chi connectivity index (χ2n) is 7.69. The van der Waals surface area contributed by atoms with Crippen molar-refractivity contribution in [2.24, 2.45) is 11.8 Å². The van der Waals surface area contributed by atoms with Crippen LogP contribution in [0, 0.1) is 11.8 Å². The molecule has 0 N–H and O–H groups in total. The maximum Gasteiger partial charge on any atom is 0.308 e. The minimum absolute atomic E-state index is 0.365. The second kappa shape index (κ2) is 9.21. The SMILES string of the molecule is CC(C)C(=O)OC[C@@]1(CCl)O[C@@H](N2C=CC(=O)CC2=O)[C@H](F)[C@@H]1OC(=O)C(C)C. The smallest absolute Gasteiger partial charge is 0.308 e. The average Bonchev–Trinajstić information content (AvgIpc) is 2.92. The Morgan fingerprint density at radius 2 is 1.90 bits per heavy atom. The molecule has 0 aromatic carbocycles. The zero-order valence-corrected chi connectivity index (χ0v) is 17.5. The molecule has 1 fully saturated rings. The van der Waals surface area contributed by atoms with E-state index in [1.54, 1.807) is 27.7 Å². The van der Waals surface area contributed by atoms with Gasteiger partial charge in [-0.15, -0.1) is 11.6 Å². The van der Waals surface area contributed by atoms with Crippen molar-refractivity contribution in [2.75, 3.05) is 12.5 Å². The molecule has 2 aliphatic heterocycles. The van der Waals surface area contributed by atoms with Crippen LogP contribution in [0.2, 0.25) is 0 Å². The van der Waals surface area contributed by atoms with Crippen molar-refractivity contribution >= 4 is 35.2 Å². The van der Waals surface area contributed by atoms with E-state index < -0.39 is 72.6 Å². The predicted octanol–water partition coefficient (Wildman–Crippen LogP) is 1.74. The fourth-order valence-corrected chi connectivity index (χ4v) is 3.14. The molecule has 0 unspecified atom stereocenters. The first-order valence-corrected chi connectivity index (χ1v) is 9.83. The lowest BCUT2D eigenvalue weighted by atomic mass is 9.97. The lowest BCUT2D eigenvalue weighted by Crippen LogP contribution is -2.51. The van der Waals surface area contributed by atoms with Crippen molar-refractivity contribution in [2.45, 2.75) is 58.2 Å². The van der Waals surface area contributed by atoms with E-state index in [2.05, 4.69) is 0 Å². The molecule has 2 rings (SSSR count). The number of carbonyl (C=O) groups is 4. The first-order chi connectivity index (χ1) is 13.5. The van der Waals surface area contributed by atoms with Gasteiger partial charge in [0, 0.05) is 6.20 Å². The number of alkyl halides is 2. The van der Waals surface area contributed by atoms with E-state index in [1.807, 2.05) is 0 Å². The van der Waals surface area contributed by atoms with Crippen LogP contribution >= 0.6 is 11.6 Å². The van der Waals surface area contributed by atoms with Gasteiger partial charge in [0.15, 0.2) is 29.9 Å². The summed E-state index contributed by atoms with van der Waals surface area (Å²) in [5.74, 6) is -3.71. The first kappa shape index (κ1) is 23.3. The lowest BCUT2D eigenvalue weighted by molar-refractivity contribution is -0.180. The van der Waals surface area contributed by atoms with Gasteiger partial charge in [-0.2, -0.15) is 0 Å². The van der Waals surface area contributed by atoms with Crippen LogP contribution in [0.3, 0.4) is 0 Å². The molecule has 0 spiro atoms. The third-order valence-electron chi connectivity index (χ3n) is 4.62. The van der Waals surface area contributed by atoms with Gasteiger partial charge < -0.3 is 14.2 Å². The zero-order chi connectivity index (χ0) is 21.9. The van der Waals surface area contributed by atoms with Crippen LogP contribution in [0.25, 0.3) is 0 Å². The average molecular weight is 434 g/mol. The molecule has 8 nitrogen and oxygen atoms in total. The number of ether oxygens (including phenoxy) is 3. The molecule has 4 atom stereocenters. The van der Waals surface area contributed by atoms with Crippen LogP contribution in [0.1, 0.15) is 34.1 Å². The monoisotopic (exact) mass is 433 g/mol. The molecule has 29 heavy (non-hydrogen) atoms. The van der Waals surface area contributed by atoms with Crippen LogP contribution < -0.4 is 0 Å². The van der Waals surface area contributed by atoms with Crippen LogP contribution in [-0.4, -0.2) is 65.1 Å². The van der Waals surface area contributed by atoms with E-state index in [0.29, 0.717) is 0 Å². The third-order valence-corrected chi connectivity index (χ3v) is 5.07. The molecule has 0 aromatic heterocycles. The second-order valence-corrected chi connectivity index (χ2v) is 7.95. The molecule has 162 valence electrons. The summed E-state index contributed by atoms with van der Waals surface area (Å²) in [7, 11) is 0. The van der Waals surface area contributed by atoms with Gasteiger partial charge in [-0.05, 0) is 6.08 Å². The van der Waals surface area contributed by atoms with E-state index in [9.17, 15) is 19.2 Å². The molecule has 0 aliphatic carbocycles. The van der Waals surface area contributed by atoms with Gasteiger partial charge in [-0.25, -0.2) is 4.39 Å². The van der Waals surface area contributed by atoms with Crippen molar-refractivity contribution in [3.8, 4) is 0 Å². The number of esters is 2. The molecule has 0 saturated carbocycles. The van der Waals surface area contributed by atoms with Gasteiger partial charge >= 0.3 is 11.9 Å². The number of rotatable bonds is 7. The minimum Gasteiger partial charge on any atom is -0.462 e. The minimum atomic E-state index is -1.98. The molecule has 2 aliphatic rings. The summed E-state index contributed by atoms with van der Waals surface area (Å²) < 4.78 is 31.7. The number of halogens is 2. The topological polar surface area (TPSA) is 99.2 Å². The Bertz CT molecular complexity index is 711. The number of hydrogen-bond donors (Lipinski definition) is 0. The summed E-state index contributed by atoms with van der Waals surface area (Å²) >= 11 is 6.06. The molecular formula is C19H25ClFNO7. The fourth-order valence-electron chi connectivity index (χ4n) is 2.85. The van der Waals surface area contributed by atoms with Crippen LogP contribution in [0.15, 0.2) is 12.3 Å². The standard InChI is InChI=1S/C19H25ClFNO7/c1-10(2)17(25)27-9-19(8-20)15(28-18(26)11(3)4)14(21)16(29-19)22-6-5-12(23)7-13(22)24/h5-6,10-11,14-16H,7-9H2,1-4H3/t14-,15+,16-,19-/m1/s1. The summed E-state index contributed by atoms with van der Waals surface area (Å²) in [6, 6.07) is 0. The summed E-state index contributed by atoms with van der Waals surface area (Å²) in [6.07, 6.45) is -3.16. The summed E-state index contributed by atoms with van der Waals surface area (Å²) in [4.78, 5) is 48.6. The highest BCUT2D eigenvalue weighted by Gasteiger charge is 2.61. The molecule has 2 heterocycles. The number of hydrogen-bond acceptors (Lipinski definition) is 7. The Labute approximate surface area is 173 Å². The Morgan fingerprint density at radius 3 is 2.41 bits per heavy atom. The fraction of sp³-hybridized carbons (Fsp3) is 0.684. The molecule has 1 saturated heterocycles. The molecule has 0 aromatic rings. The van der Waals surface area contributed by atoms with Crippen LogP contribution in [0.4, 0.5) is 4.39 Å². The van der Waals surface area contributed by atoms with Gasteiger partial charge in [0.1, 0.15) is 6.61 Å². The number of nitrogens with zero attached hydrogens (tertiary/aromatic N) is 1. The molecular weight excluding hydrogens is 409 g/mol. The Morgan fingerprint density at radius 1 is 1.28 bits per heavy atom. The number of amides is 1. The Balaban J connectivity index is 2.34. The number of ketones is 1. The highest BCUT2D eigenvalue weighted by atomic mass is 35.5. The Hall–Kier alpha value is -2.00. The maximum absolute atomic E-state index is 15.4. The summed E-state index contributed by atoms with van der Waals surface area (Å²) in [6.45, 7) is 5.93. The lowest BCUT2D eigenvalue weighted by Gasteiger charge is -2.32. The zero-order valence-electron chi connectivity index (χ0n) is 16.7. The molecule has 0 bridgehead atoms. The number of allylic oxidation sites excluding steroid dienone is 1. The van der Waals surface area contributed by atoms with Gasteiger partial charge in [0.2, 0.25) is 5.91 Å². The normalized spacial score (nSPS) is 29.7. The number of carbonyl (C=O) groups excluding carboxylic acids is 4. The summed E-state index contributed by atoms with van der Waals surface area (Å²) in [5, 5.41) is 0. The van der Waals surface area contributed by atoms with Gasteiger partial charge in [-0.3, -0.25) is 24.1 Å². The van der Waals surface area contributed by atoms with E-state index in [4.69, 9.17) is 25.8 Å². The highest BCUT2D eigenvalue weighted by molar-refractivity contribution is 6.18. The molecule has 1 amide bonds. The van der Waals surface area contributed by atoms with E-state index in [0.717, 1.165) is 17.2 Å². The quantitative estimate of drug-likeness (QED) is 0.342. The molecule has 0 radical (unpaired) electrons. The summed E-state index contributed by atoms with van der Waals surface area (Å²) in [5.41, 5.74) is -1.70. The molecule has 10 heteroatoms. The van der Waals surface area contributed by atoms with Gasteiger partial charge in [0.25, 0.3) is 0 Å². The maximum atomic E-state index is 15.4. The van der Waals surface area contributed by atoms with Crippen LogP contribution in [-0.2, 0) is 33.4 Å². The van der Waals surface area contributed by atoms with E-state index in [-0.39, 0.29) is 5.88 Å². The largest absolute Gasteiger partial charge is 0.462 e. The first-order valence-electron chi connectivity index (χ1n) is 9.29. The third kappa shape index (κ3) is 4.95. The van der Waals surface area contributed by atoms with Crippen LogP contribution in [0.5, 0.6) is 0 Å². The van der Waals surface area contributed by atoms with Gasteiger partial charge in [0.05, 0.1) is 24.1 Å². The van der Waals surface area contributed by atoms with Crippen molar-refractivity contribution in [3.63, 3.8) is 0 Å². The van der Waals surface area contributed by atoms with Crippen molar-refractivity contribution in [1.29, 1.82) is 0 Å². The van der Waals surface area contributed by atoms with Crippen molar-refractivity contribution in [3.05, 3.63) is 12.3 Å².